The highest BCUT2D eigenvalue weighted by molar-refractivity contribution is 5.35. The molecular formula is C12H19O2. The minimum atomic E-state index is 0.125. The molecule has 0 heterocycles. The normalized spacial score (nSPS) is 18.6. The highest BCUT2D eigenvalue weighted by Gasteiger charge is 2.32. The van der Waals surface area contributed by atoms with E-state index in [1.165, 1.54) is 5.92 Å². The van der Waals surface area contributed by atoms with Crippen LogP contribution in [0.4, 0.5) is 0 Å². The first-order valence-corrected chi connectivity index (χ1v) is 4.84. The van der Waals surface area contributed by atoms with Crippen molar-refractivity contribution in [3.63, 3.8) is 0 Å². The highest BCUT2D eigenvalue weighted by Crippen LogP contribution is 2.41. The maximum atomic E-state index is 5.35. The van der Waals surface area contributed by atoms with Crippen molar-refractivity contribution in [1.82, 2.24) is 0 Å². The molecule has 2 heteroatoms. The van der Waals surface area contributed by atoms with Gasteiger partial charge in [-0.25, -0.2) is 0 Å². The third kappa shape index (κ3) is 2.31. The van der Waals surface area contributed by atoms with Crippen LogP contribution in [0, 0.1) is 11.3 Å². The van der Waals surface area contributed by atoms with Gasteiger partial charge < -0.3 is 9.47 Å². The first-order valence-electron chi connectivity index (χ1n) is 4.84. The van der Waals surface area contributed by atoms with E-state index in [-0.39, 0.29) is 5.41 Å². The van der Waals surface area contributed by atoms with Crippen LogP contribution in [-0.2, 0) is 9.47 Å². The van der Waals surface area contributed by atoms with Gasteiger partial charge in [0.25, 0.3) is 0 Å². The van der Waals surface area contributed by atoms with Crippen LogP contribution < -0.4 is 0 Å². The van der Waals surface area contributed by atoms with Crippen LogP contribution in [0.25, 0.3) is 0 Å². The standard InChI is InChI=1S/C12H19O2/c1-12(2,3)10-8-9(13-4)6-7-11(10)14-5/h6-7H,8H2,1-5H3. The van der Waals surface area contributed by atoms with E-state index in [0.717, 1.165) is 17.9 Å². The molecule has 14 heavy (non-hydrogen) atoms. The van der Waals surface area contributed by atoms with Crippen LogP contribution in [0.1, 0.15) is 27.2 Å². The number of ether oxygens (including phenoxy) is 2. The van der Waals surface area contributed by atoms with E-state index in [0.29, 0.717) is 0 Å². The van der Waals surface area contributed by atoms with Crippen molar-refractivity contribution in [2.24, 2.45) is 5.41 Å². The Morgan fingerprint density at radius 2 is 1.71 bits per heavy atom. The van der Waals surface area contributed by atoms with Gasteiger partial charge in [-0.15, -0.1) is 0 Å². The number of hydrogen-bond acceptors (Lipinski definition) is 2. The number of rotatable bonds is 2. The van der Waals surface area contributed by atoms with Crippen LogP contribution >= 0.6 is 0 Å². The minimum Gasteiger partial charge on any atom is -0.501 e. The highest BCUT2D eigenvalue weighted by atomic mass is 16.5. The largest absolute Gasteiger partial charge is 0.501 e. The van der Waals surface area contributed by atoms with Gasteiger partial charge in [0.15, 0.2) is 0 Å². The van der Waals surface area contributed by atoms with Crippen molar-refractivity contribution >= 4 is 0 Å². The molecule has 1 aliphatic rings. The Hall–Kier alpha value is -0.920. The lowest BCUT2D eigenvalue weighted by atomic mass is 9.75. The first-order chi connectivity index (χ1) is 6.49. The molecule has 79 valence electrons. The molecule has 0 aromatic heterocycles. The van der Waals surface area contributed by atoms with Gasteiger partial charge in [0.05, 0.1) is 25.9 Å². The first kappa shape index (κ1) is 11.2. The van der Waals surface area contributed by atoms with Gasteiger partial charge in [0.2, 0.25) is 0 Å². The van der Waals surface area contributed by atoms with Gasteiger partial charge in [0.1, 0.15) is 5.76 Å². The average Bonchev–Trinajstić information content (AvgIpc) is 2.15. The third-order valence-electron chi connectivity index (χ3n) is 2.46. The van der Waals surface area contributed by atoms with E-state index in [1.807, 2.05) is 12.2 Å². The zero-order chi connectivity index (χ0) is 10.8. The molecule has 0 aromatic rings. The third-order valence-corrected chi connectivity index (χ3v) is 2.46. The summed E-state index contributed by atoms with van der Waals surface area (Å²) in [5.41, 5.74) is 0.125. The quantitative estimate of drug-likeness (QED) is 0.674. The minimum absolute atomic E-state index is 0.125. The topological polar surface area (TPSA) is 18.5 Å². The molecule has 0 spiro atoms. The van der Waals surface area contributed by atoms with E-state index in [9.17, 15) is 0 Å². The maximum absolute atomic E-state index is 5.35. The average molecular weight is 195 g/mol. The number of allylic oxidation sites excluding steroid dienone is 4. The maximum Gasteiger partial charge on any atom is 0.104 e. The molecule has 0 aliphatic heterocycles. The lowest BCUT2D eigenvalue weighted by Crippen LogP contribution is -2.23. The SMILES string of the molecule is COC1=CC=C(OC)[C](C(C)(C)C)C1. The summed E-state index contributed by atoms with van der Waals surface area (Å²) in [5, 5.41) is 0. The second-order valence-electron chi connectivity index (χ2n) is 4.48. The molecule has 0 atom stereocenters. The zero-order valence-electron chi connectivity index (χ0n) is 9.68. The van der Waals surface area contributed by atoms with E-state index < -0.39 is 0 Å². The molecule has 1 rings (SSSR count). The molecular weight excluding hydrogens is 176 g/mol. The smallest absolute Gasteiger partial charge is 0.104 e. The van der Waals surface area contributed by atoms with Crippen molar-refractivity contribution in [3.8, 4) is 0 Å². The van der Waals surface area contributed by atoms with Crippen molar-refractivity contribution in [2.45, 2.75) is 27.2 Å². The Balaban J connectivity index is 2.88. The van der Waals surface area contributed by atoms with E-state index >= 15 is 0 Å². The number of methoxy groups -OCH3 is 2. The predicted octanol–water partition coefficient (Wildman–Crippen LogP) is 3.07. The van der Waals surface area contributed by atoms with Gasteiger partial charge >= 0.3 is 0 Å². The summed E-state index contributed by atoms with van der Waals surface area (Å²) in [6, 6.07) is 0. The lowest BCUT2D eigenvalue weighted by Gasteiger charge is -2.33. The fourth-order valence-electron chi connectivity index (χ4n) is 1.56. The monoisotopic (exact) mass is 195 g/mol. The molecule has 0 saturated carbocycles. The van der Waals surface area contributed by atoms with Gasteiger partial charge in [-0.1, -0.05) is 20.8 Å². The van der Waals surface area contributed by atoms with Crippen LogP contribution in [0.3, 0.4) is 0 Å². The Kier molecular flexibility index (Phi) is 3.25. The van der Waals surface area contributed by atoms with Gasteiger partial charge in [-0.3, -0.25) is 0 Å². The summed E-state index contributed by atoms with van der Waals surface area (Å²) >= 11 is 0. The summed E-state index contributed by atoms with van der Waals surface area (Å²) < 4.78 is 10.6. The van der Waals surface area contributed by atoms with Crippen LogP contribution in [0.15, 0.2) is 23.7 Å². The Bertz CT molecular complexity index is 256. The van der Waals surface area contributed by atoms with Gasteiger partial charge in [-0.2, -0.15) is 0 Å². The van der Waals surface area contributed by atoms with Crippen LogP contribution in [0.2, 0.25) is 0 Å². The van der Waals surface area contributed by atoms with Crippen molar-refractivity contribution in [1.29, 1.82) is 0 Å². The van der Waals surface area contributed by atoms with E-state index in [2.05, 4.69) is 20.8 Å². The fraction of sp³-hybridized carbons (Fsp3) is 0.583. The predicted molar refractivity (Wildman–Crippen MR) is 57.5 cm³/mol. The molecule has 0 bridgehead atoms. The summed E-state index contributed by atoms with van der Waals surface area (Å²) in [4.78, 5) is 0. The molecule has 0 amide bonds. The van der Waals surface area contributed by atoms with Gasteiger partial charge in [-0.05, 0) is 17.6 Å². The Morgan fingerprint density at radius 3 is 2.14 bits per heavy atom. The second kappa shape index (κ2) is 4.07. The number of hydrogen-bond donors (Lipinski definition) is 0. The van der Waals surface area contributed by atoms with Gasteiger partial charge in [0, 0.05) is 6.42 Å². The molecule has 2 nitrogen and oxygen atoms in total. The summed E-state index contributed by atoms with van der Waals surface area (Å²) in [7, 11) is 3.42. The molecule has 1 aliphatic carbocycles. The Labute approximate surface area is 86.6 Å². The molecule has 0 unspecified atom stereocenters. The molecule has 1 radical (unpaired) electrons. The van der Waals surface area contributed by atoms with Crippen molar-refractivity contribution in [3.05, 3.63) is 29.6 Å². The van der Waals surface area contributed by atoms with Crippen molar-refractivity contribution < 1.29 is 9.47 Å². The van der Waals surface area contributed by atoms with E-state index in [4.69, 9.17) is 9.47 Å². The zero-order valence-corrected chi connectivity index (χ0v) is 9.68. The summed E-state index contributed by atoms with van der Waals surface area (Å²) in [5.74, 6) is 3.26. The molecule has 0 aromatic carbocycles. The summed E-state index contributed by atoms with van der Waals surface area (Å²) in [6.07, 6.45) is 4.79. The van der Waals surface area contributed by atoms with E-state index in [1.54, 1.807) is 14.2 Å². The van der Waals surface area contributed by atoms with Crippen LogP contribution in [-0.4, -0.2) is 14.2 Å². The lowest BCUT2D eigenvalue weighted by molar-refractivity contribution is 0.223. The van der Waals surface area contributed by atoms with Crippen LogP contribution in [0.5, 0.6) is 0 Å². The molecule has 0 saturated heterocycles. The van der Waals surface area contributed by atoms with Crippen molar-refractivity contribution in [2.75, 3.05) is 14.2 Å². The molecule has 0 fully saturated rings. The summed E-state index contributed by atoms with van der Waals surface area (Å²) in [6.45, 7) is 6.56. The Morgan fingerprint density at radius 1 is 1.07 bits per heavy atom. The molecule has 0 N–H and O–H groups in total. The fourth-order valence-corrected chi connectivity index (χ4v) is 1.56. The second-order valence-corrected chi connectivity index (χ2v) is 4.48.